The van der Waals surface area contributed by atoms with Gasteiger partial charge in [-0.05, 0) is 63.0 Å². The quantitative estimate of drug-likeness (QED) is 0.809. The summed E-state index contributed by atoms with van der Waals surface area (Å²) in [6, 6.07) is 7.03. The Labute approximate surface area is 150 Å². The van der Waals surface area contributed by atoms with E-state index < -0.39 is 10.0 Å². The second-order valence-corrected chi connectivity index (χ2v) is 9.38. The summed E-state index contributed by atoms with van der Waals surface area (Å²) in [6.45, 7) is 3.86. The van der Waals surface area contributed by atoms with Gasteiger partial charge in [-0.15, -0.1) is 0 Å². The van der Waals surface area contributed by atoms with Gasteiger partial charge in [0.05, 0.1) is 4.90 Å². The normalized spacial score (nSPS) is 19.7. The van der Waals surface area contributed by atoms with Crippen LogP contribution in [0.15, 0.2) is 29.2 Å². The minimum Gasteiger partial charge on any atom is -0.356 e. The van der Waals surface area contributed by atoms with Crippen LogP contribution in [0.5, 0.6) is 0 Å². The molecule has 0 spiro atoms. The summed E-state index contributed by atoms with van der Waals surface area (Å²) in [5.41, 5.74) is 1.05. The maximum absolute atomic E-state index is 12.7. The molecule has 1 aliphatic heterocycles. The molecule has 1 aliphatic carbocycles. The molecular weight excluding hydrogens is 336 g/mol. The van der Waals surface area contributed by atoms with E-state index in [0.717, 1.165) is 31.4 Å². The van der Waals surface area contributed by atoms with Crippen molar-refractivity contribution in [3.8, 4) is 0 Å². The topological polar surface area (TPSA) is 66.5 Å². The number of piperidine rings is 1. The van der Waals surface area contributed by atoms with Gasteiger partial charge >= 0.3 is 0 Å². The maximum Gasteiger partial charge on any atom is 0.243 e. The molecule has 0 radical (unpaired) electrons. The third kappa shape index (κ3) is 5.05. The molecule has 1 aromatic rings. The van der Waals surface area contributed by atoms with Crippen LogP contribution in [0.4, 0.5) is 0 Å². The third-order valence-corrected chi connectivity index (χ3v) is 7.21. The van der Waals surface area contributed by atoms with Crippen LogP contribution < -0.4 is 5.32 Å². The second kappa shape index (κ2) is 7.87. The van der Waals surface area contributed by atoms with Gasteiger partial charge in [0.2, 0.25) is 15.9 Å². The molecule has 0 unspecified atom stereocenters. The number of nitrogens with zero attached hydrogens (tertiary/aromatic N) is 1. The lowest BCUT2D eigenvalue weighted by atomic mass is 9.93. The molecule has 0 bridgehead atoms. The van der Waals surface area contributed by atoms with E-state index >= 15 is 0 Å². The number of carbonyl (C=O) groups is 1. The molecular formula is C19H28N2O3S. The first-order valence-corrected chi connectivity index (χ1v) is 10.7. The zero-order valence-corrected chi connectivity index (χ0v) is 15.7. The fourth-order valence-corrected chi connectivity index (χ4v) is 4.77. The monoisotopic (exact) mass is 364 g/mol. The van der Waals surface area contributed by atoms with Crippen molar-refractivity contribution in [1.29, 1.82) is 0 Å². The third-order valence-electron chi connectivity index (χ3n) is 5.30. The highest BCUT2D eigenvalue weighted by Crippen LogP contribution is 2.28. The van der Waals surface area contributed by atoms with E-state index in [1.807, 2.05) is 19.1 Å². The van der Waals surface area contributed by atoms with Crippen LogP contribution in [0.1, 0.15) is 44.1 Å². The van der Waals surface area contributed by atoms with Crippen molar-refractivity contribution < 1.29 is 13.2 Å². The van der Waals surface area contributed by atoms with E-state index in [9.17, 15) is 13.2 Å². The highest BCUT2D eigenvalue weighted by atomic mass is 32.2. The van der Waals surface area contributed by atoms with Crippen molar-refractivity contribution in [3.05, 3.63) is 29.8 Å². The Morgan fingerprint density at radius 2 is 1.72 bits per heavy atom. The van der Waals surface area contributed by atoms with Gasteiger partial charge in [-0.25, -0.2) is 8.42 Å². The standard InChI is InChI=1S/C19H28N2O3S/c1-15-2-7-18(8-3-15)25(23,24)21-12-10-16(11-13-21)6-9-19(22)20-14-17-4-5-17/h2-3,7-8,16-17H,4-6,9-14H2,1H3,(H,20,22). The average molecular weight is 365 g/mol. The largest absolute Gasteiger partial charge is 0.356 e. The molecule has 1 N–H and O–H groups in total. The van der Waals surface area contributed by atoms with Crippen molar-refractivity contribution in [2.75, 3.05) is 19.6 Å². The zero-order valence-electron chi connectivity index (χ0n) is 14.9. The van der Waals surface area contributed by atoms with Gasteiger partial charge < -0.3 is 5.32 Å². The fraction of sp³-hybridized carbons (Fsp3) is 0.632. The smallest absolute Gasteiger partial charge is 0.243 e. The van der Waals surface area contributed by atoms with Gasteiger partial charge in [0.15, 0.2) is 0 Å². The van der Waals surface area contributed by atoms with Crippen LogP contribution in [-0.4, -0.2) is 38.3 Å². The molecule has 1 saturated heterocycles. The molecule has 2 fully saturated rings. The lowest BCUT2D eigenvalue weighted by Crippen LogP contribution is -2.38. The number of rotatable bonds is 7. The number of aryl methyl sites for hydroxylation is 1. The van der Waals surface area contributed by atoms with Gasteiger partial charge in [-0.3, -0.25) is 4.79 Å². The van der Waals surface area contributed by atoms with E-state index in [2.05, 4.69) is 5.32 Å². The summed E-state index contributed by atoms with van der Waals surface area (Å²) in [5.74, 6) is 1.29. The van der Waals surface area contributed by atoms with Crippen molar-refractivity contribution in [1.82, 2.24) is 9.62 Å². The van der Waals surface area contributed by atoms with E-state index in [0.29, 0.717) is 36.2 Å². The molecule has 1 amide bonds. The molecule has 2 aliphatic rings. The van der Waals surface area contributed by atoms with Gasteiger partial charge in [0.25, 0.3) is 0 Å². The average Bonchev–Trinajstić information content (AvgIpc) is 3.43. The van der Waals surface area contributed by atoms with Crippen molar-refractivity contribution in [2.45, 2.75) is 50.3 Å². The number of benzene rings is 1. The highest BCUT2D eigenvalue weighted by Gasteiger charge is 2.29. The molecule has 0 aromatic heterocycles. The number of nitrogens with one attached hydrogen (secondary N) is 1. The second-order valence-electron chi connectivity index (χ2n) is 7.45. The number of hydrogen-bond donors (Lipinski definition) is 1. The molecule has 3 rings (SSSR count). The Hall–Kier alpha value is -1.40. The summed E-state index contributed by atoms with van der Waals surface area (Å²) in [5, 5.41) is 3.00. The minimum absolute atomic E-state index is 0.140. The van der Waals surface area contributed by atoms with E-state index in [4.69, 9.17) is 0 Å². The molecule has 1 saturated carbocycles. The predicted octanol–water partition coefficient (Wildman–Crippen LogP) is 2.70. The Kier molecular flexibility index (Phi) is 5.79. The Balaban J connectivity index is 1.44. The first-order chi connectivity index (χ1) is 11.9. The lowest BCUT2D eigenvalue weighted by molar-refractivity contribution is -0.121. The number of amides is 1. The number of sulfonamides is 1. The molecule has 6 heteroatoms. The van der Waals surface area contributed by atoms with Crippen LogP contribution >= 0.6 is 0 Å². The van der Waals surface area contributed by atoms with Gasteiger partial charge in [-0.2, -0.15) is 4.31 Å². The van der Waals surface area contributed by atoms with E-state index in [-0.39, 0.29) is 5.91 Å². The van der Waals surface area contributed by atoms with E-state index in [1.54, 1.807) is 16.4 Å². The first-order valence-electron chi connectivity index (χ1n) is 9.28. The van der Waals surface area contributed by atoms with Crippen molar-refractivity contribution in [3.63, 3.8) is 0 Å². The molecule has 5 nitrogen and oxygen atoms in total. The summed E-state index contributed by atoms with van der Waals surface area (Å²) in [6.07, 6.45) is 5.57. The van der Waals surface area contributed by atoms with Crippen LogP contribution in [0.25, 0.3) is 0 Å². The zero-order chi connectivity index (χ0) is 17.9. The molecule has 138 valence electrons. The molecule has 25 heavy (non-hydrogen) atoms. The summed E-state index contributed by atoms with van der Waals surface area (Å²) >= 11 is 0. The molecule has 0 atom stereocenters. The Morgan fingerprint density at radius 3 is 2.32 bits per heavy atom. The number of hydrogen-bond acceptors (Lipinski definition) is 3. The van der Waals surface area contributed by atoms with Crippen LogP contribution in [0.3, 0.4) is 0 Å². The van der Waals surface area contributed by atoms with Crippen LogP contribution in [-0.2, 0) is 14.8 Å². The SMILES string of the molecule is Cc1ccc(S(=O)(=O)N2CCC(CCC(=O)NCC3CC3)CC2)cc1. The summed E-state index contributed by atoms with van der Waals surface area (Å²) in [7, 11) is -3.39. The van der Waals surface area contributed by atoms with E-state index in [1.165, 1.54) is 12.8 Å². The summed E-state index contributed by atoms with van der Waals surface area (Å²) < 4.78 is 27.0. The van der Waals surface area contributed by atoms with Crippen LogP contribution in [0, 0.1) is 18.8 Å². The maximum atomic E-state index is 12.7. The highest BCUT2D eigenvalue weighted by molar-refractivity contribution is 7.89. The van der Waals surface area contributed by atoms with Crippen molar-refractivity contribution >= 4 is 15.9 Å². The van der Waals surface area contributed by atoms with Crippen molar-refractivity contribution in [2.24, 2.45) is 11.8 Å². The molecule has 1 aromatic carbocycles. The molecule has 1 heterocycles. The van der Waals surface area contributed by atoms with Crippen LogP contribution in [0.2, 0.25) is 0 Å². The van der Waals surface area contributed by atoms with Gasteiger partial charge in [-0.1, -0.05) is 17.7 Å². The predicted molar refractivity (Wildman–Crippen MR) is 97.6 cm³/mol. The van der Waals surface area contributed by atoms with Gasteiger partial charge in [0, 0.05) is 26.1 Å². The minimum atomic E-state index is -3.39. The fourth-order valence-electron chi connectivity index (χ4n) is 3.30. The Morgan fingerprint density at radius 1 is 1.08 bits per heavy atom. The Bertz CT molecular complexity index is 688. The number of carbonyl (C=O) groups excluding carboxylic acids is 1. The van der Waals surface area contributed by atoms with Gasteiger partial charge in [0.1, 0.15) is 0 Å². The first kappa shape index (κ1) is 18.4. The summed E-state index contributed by atoms with van der Waals surface area (Å²) in [4.78, 5) is 12.2. The lowest BCUT2D eigenvalue weighted by Gasteiger charge is -2.31.